The number of benzene rings is 1. The third-order valence-electron chi connectivity index (χ3n) is 4.66. The van der Waals surface area contributed by atoms with Crippen molar-refractivity contribution < 1.29 is 14.3 Å². The van der Waals surface area contributed by atoms with Crippen LogP contribution in [0.1, 0.15) is 31.9 Å². The number of carbonyl (C=O) groups is 1. The molecule has 152 valence electrons. The zero-order valence-electron chi connectivity index (χ0n) is 16.4. The molecule has 3 heterocycles. The third kappa shape index (κ3) is 4.64. The Balaban J connectivity index is 1.45. The molecule has 0 bridgehead atoms. The van der Waals surface area contributed by atoms with Gasteiger partial charge in [0.1, 0.15) is 11.4 Å². The molecule has 8 heteroatoms. The number of carbonyl (C=O) groups excluding carboxylic acids is 1. The number of hydrogen-bond acceptors (Lipinski definition) is 7. The number of ether oxygens (including phenoxy) is 2. The summed E-state index contributed by atoms with van der Waals surface area (Å²) in [5.41, 5.74) is 1.94. The Hall–Kier alpha value is -2.32. The van der Waals surface area contributed by atoms with E-state index in [9.17, 15) is 4.79 Å². The van der Waals surface area contributed by atoms with Gasteiger partial charge in [-0.3, -0.25) is 4.79 Å². The number of fused-ring (bicyclic) bond motifs is 2. The summed E-state index contributed by atoms with van der Waals surface area (Å²) >= 11 is 3.03. The first-order chi connectivity index (χ1) is 14.1. The number of nitrogens with one attached hydrogen (secondary N) is 1. The Morgan fingerprint density at radius 3 is 2.86 bits per heavy atom. The summed E-state index contributed by atoms with van der Waals surface area (Å²) in [6.45, 7) is 5.50. The van der Waals surface area contributed by atoms with Gasteiger partial charge in [-0.1, -0.05) is 31.7 Å². The Labute approximate surface area is 178 Å². The molecule has 0 spiro atoms. The molecule has 1 atom stereocenters. The van der Waals surface area contributed by atoms with E-state index >= 15 is 0 Å². The number of thioether (sulfide) groups is 1. The highest BCUT2D eigenvalue weighted by molar-refractivity contribution is 8.00. The second-order valence-electron chi connectivity index (χ2n) is 7.15. The van der Waals surface area contributed by atoms with Crippen molar-refractivity contribution in [2.75, 3.05) is 19.0 Å². The normalized spacial score (nSPS) is 14.6. The fraction of sp³-hybridized carbons (Fsp3) is 0.381. The summed E-state index contributed by atoms with van der Waals surface area (Å²) in [6, 6.07) is 7.78. The zero-order chi connectivity index (χ0) is 20.2. The van der Waals surface area contributed by atoms with Gasteiger partial charge in [0.15, 0.2) is 11.5 Å². The SMILES string of the molecule is CC(C)[C@@H](NC(=O)CSc1ncnc2ccsc12)c1ccc2c(c1)OCCCO2. The Morgan fingerprint density at radius 2 is 2.03 bits per heavy atom. The smallest absolute Gasteiger partial charge is 0.230 e. The number of hydrogen-bond donors (Lipinski definition) is 1. The van der Waals surface area contributed by atoms with Gasteiger partial charge in [0.05, 0.1) is 35.2 Å². The average molecular weight is 430 g/mol. The van der Waals surface area contributed by atoms with Gasteiger partial charge in [0.2, 0.25) is 5.91 Å². The van der Waals surface area contributed by atoms with Crippen molar-refractivity contribution in [3.8, 4) is 11.5 Å². The van der Waals surface area contributed by atoms with E-state index < -0.39 is 0 Å². The molecule has 0 unspecified atom stereocenters. The van der Waals surface area contributed by atoms with Crippen LogP contribution in [-0.4, -0.2) is 34.8 Å². The van der Waals surface area contributed by atoms with E-state index in [1.807, 2.05) is 29.6 Å². The first-order valence-corrected chi connectivity index (χ1v) is 11.5. The molecule has 4 rings (SSSR count). The lowest BCUT2D eigenvalue weighted by atomic mass is 9.95. The monoisotopic (exact) mass is 429 g/mol. The molecule has 1 amide bonds. The number of amides is 1. The lowest BCUT2D eigenvalue weighted by Gasteiger charge is -2.24. The minimum absolute atomic E-state index is 0.0240. The minimum atomic E-state index is -0.104. The van der Waals surface area contributed by atoms with Crippen LogP contribution in [0.4, 0.5) is 0 Å². The molecule has 29 heavy (non-hydrogen) atoms. The van der Waals surface area contributed by atoms with Crippen molar-refractivity contribution in [1.82, 2.24) is 15.3 Å². The molecule has 1 aromatic carbocycles. The van der Waals surface area contributed by atoms with E-state index in [1.165, 1.54) is 11.8 Å². The molecule has 0 saturated heterocycles. The van der Waals surface area contributed by atoms with Crippen molar-refractivity contribution in [2.24, 2.45) is 5.92 Å². The molecular weight excluding hydrogens is 406 g/mol. The van der Waals surface area contributed by atoms with Crippen LogP contribution in [0.5, 0.6) is 11.5 Å². The minimum Gasteiger partial charge on any atom is -0.490 e. The van der Waals surface area contributed by atoms with Gasteiger partial charge in [-0.05, 0) is 35.1 Å². The number of rotatable bonds is 6. The van der Waals surface area contributed by atoms with Gasteiger partial charge in [-0.25, -0.2) is 9.97 Å². The molecule has 3 aromatic rings. The van der Waals surface area contributed by atoms with Gasteiger partial charge >= 0.3 is 0 Å². The largest absolute Gasteiger partial charge is 0.490 e. The predicted molar refractivity (Wildman–Crippen MR) is 116 cm³/mol. The maximum atomic E-state index is 12.7. The summed E-state index contributed by atoms with van der Waals surface area (Å²) in [4.78, 5) is 21.3. The van der Waals surface area contributed by atoms with E-state index in [2.05, 4.69) is 29.1 Å². The third-order valence-corrected chi connectivity index (χ3v) is 6.69. The van der Waals surface area contributed by atoms with Gasteiger partial charge in [0.25, 0.3) is 0 Å². The van der Waals surface area contributed by atoms with Crippen LogP contribution >= 0.6 is 23.1 Å². The highest BCUT2D eigenvalue weighted by Crippen LogP contribution is 2.34. The van der Waals surface area contributed by atoms with Crippen molar-refractivity contribution in [3.63, 3.8) is 0 Å². The fourth-order valence-corrected chi connectivity index (χ4v) is 4.98. The molecule has 0 radical (unpaired) electrons. The Bertz CT molecular complexity index is 1010. The molecule has 6 nitrogen and oxygen atoms in total. The first kappa shape index (κ1) is 20.0. The molecular formula is C21H23N3O3S2. The van der Waals surface area contributed by atoms with E-state index in [0.717, 1.165) is 38.7 Å². The van der Waals surface area contributed by atoms with Crippen LogP contribution < -0.4 is 14.8 Å². The second kappa shape index (κ2) is 9.00. The van der Waals surface area contributed by atoms with E-state index in [1.54, 1.807) is 17.7 Å². The Morgan fingerprint density at radius 1 is 1.21 bits per heavy atom. The molecule has 0 saturated carbocycles. The molecule has 2 aromatic heterocycles. The molecule has 1 aliphatic heterocycles. The number of nitrogens with zero attached hydrogens (tertiary/aromatic N) is 2. The number of thiophene rings is 1. The average Bonchev–Trinajstić information content (AvgIpc) is 3.08. The molecule has 1 aliphatic rings. The lowest BCUT2D eigenvalue weighted by molar-refractivity contribution is -0.119. The van der Waals surface area contributed by atoms with E-state index in [-0.39, 0.29) is 17.9 Å². The summed E-state index contributed by atoms with van der Waals surface area (Å²) in [5.74, 6) is 2.02. The first-order valence-electron chi connectivity index (χ1n) is 9.61. The van der Waals surface area contributed by atoms with Crippen LogP contribution in [0, 0.1) is 5.92 Å². The van der Waals surface area contributed by atoms with Crippen molar-refractivity contribution in [2.45, 2.75) is 31.3 Å². The Kier molecular flexibility index (Phi) is 6.20. The topological polar surface area (TPSA) is 73.3 Å². The fourth-order valence-electron chi connectivity index (χ4n) is 3.23. The second-order valence-corrected chi connectivity index (χ2v) is 9.03. The zero-order valence-corrected chi connectivity index (χ0v) is 18.0. The van der Waals surface area contributed by atoms with Gasteiger partial charge in [-0.15, -0.1) is 11.3 Å². The van der Waals surface area contributed by atoms with Crippen LogP contribution in [0.2, 0.25) is 0 Å². The summed E-state index contributed by atoms with van der Waals surface area (Å²) in [7, 11) is 0. The highest BCUT2D eigenvalue weighted by atomic mass is 32.2. The lowest BCUT2D eigenvalue weighted by Crippen LogP contribution is -2.33. The summed E-state index contributed by atoms with van der Waals surface area (Å²) < 4.78 is 12.5. The van der Waals surface area contributed by atoms with Gasteiger partial charge in [0, 0.05) is 6.42 Å². The summed E-state index contributed by atoms with van der Waals surface area (Å²) in [6.07, 6.45) is 2.41. The quantitative estimate of drug-likeness (QED) is 0.461. The van der Waals surface area contributed by atoms with E-state index in [4.69, 9.17) is 9.47 Å². The van der Waals surface area contributed by atoms with Gasteiger partial charge in [-0.2, -0.15) is 0 Å². The molecule has 1 N–H and O–H groups in total. The van der Waals surface area contributed by atoms with Crippen LogP contribution in [-0.2, 0) is 4.79 Å². The molecule has 0 aliphatic carbocycles. The van der Waals surface area contributed by atoms with Crippen LogP contribution in [0.3, 0.4) is 0 Å². The summed E-state index contributed by atoms with van der Waals surface area (Å²) in [5, 5.41) is 6.00. The maximum Gasteiger partial charge on any atom is 0.230 e. The van der Waals surface area contributed by atoms with Crippen LogP contribution in [0.25, 0.3) is 10.2 Å². The highest BCUT2D eigenvalue weighted by Gasteiger charge is 2.21. The van der Waals surface area contributed by atoms with Crippen molar-refractivity contribution in [1.29, 1.82) is 0 Å². The maximum absolute atomic E-state index is 12.7. The van der Waals surface area contributed by atoms with E-state index in [0.29, 0.717) is 19.0 Å². The number of aromatic nitrogens is 2. The standard InChI is InChI=1S/C21H23N3O3S2/c1-13(2)19(14-4-5-16-17(10-14)27-8-3-7-26-16)24-18(25)11-29-21-20-15(6-9-28-20)22-12-23-21/h4-6,9-10,12-13,19H,3,7-8,11H2,1-2H3,(H,24,25)/t19-/m1/s1. The van der Waals surface area contributed by atoms with Crippen molar-refractivity contribution >= 4 is 39.2 Å². The van der Waals surface area contributed by atoms with Gasteiger partial charge < -0.3 is 14.8 Å². The molecule has 0 fully saturated rings. The predicted octanol–water partition coefficient (Wildman–Crippen LogP) is 4.46. The van der Waals surface area contributed by atoms with Crippen LogP contribution in [0.15, 0.2) is 41.0 Å². The van der Waals surface area contributed by atoms with Crippen molar-refractivity contribution in [3.05, 3.63) is 41.5 Å².